The zero-order chi connectivity index (χ0) is 96.0. The number of methoxy groups -OCH3 is 1. The molecule has 4 aromatic carbocycles. The minimum absolute atomic E-state index is 0. The van der Waals surface area contributed by atoms with Gasteiger partial charge in [-0.3, -0.25) is 25.5 Å². The molecule has 8 N–H and O–H groups in total. The third-order valence-electron chi connectivity index (χ3n) is 15.8. The molecule has 0 radical (unpaired) electrons. The monoisotopic (exact) mass is 1860 g/mol. The van der Waals surface area contributed by atoms with Crippen LogP contribution in [0.1, 0.15) is 119 Å². The molecule has 0 spiro atoms. The van der Waals surface area contributed by atoms with Crippen molar-refractivity contribution in [2.75, 3.05) is 90.4 Å². The largest absolute Gasteiger partial charge is 1.00 e. The maximum absolute atomic E-state index is 12.2. The average molecular weight is 1870 g/mol. The zero-order valence-corrected chi connectivity index (χ0v) is 77.1. The molecule has 3 fully saturated rings. The number of carbonyl (C=O) groups excluding carboxylic acids is 2. The Labute approximate surface area is 757 Å². The standard InChI is InChI=1S/C21H22N6O.C18H17N5O.C14H16N4O.C11H23N3.C9H10N2O2.C7H8N2O.C2H4O2.CH3O.2F6P.Na/c1-26(2)14-24-18-11-22-21(23-12-18)17-5-3-4-15(10-17)13-27-20(28)9-8-19(25-27)16-6-7-16;19-15-9-20-18(21-10-15)14-3-1-2-12(8-14)11-23-17(24)7-6-16(22-23)13-4-5-13;1-18(2)10-17-13-7-15-14(16-8-13)12-5-3-4-11(6-12)9-19;1-12(2)8-7-11(9-13(3)4)10-14(5)6;1-13-9(12)7-4-2-3-6(5-7)8(10)11;10-7-4-3-6(8-9-7)5-1-2-5;1-2(3)4;1-2;2*1-7(2,3,4,5)6;/h3-5,8-12,14,16H,6-7,13H2,1-2H3;1-3,6-10,13H,4-5,11,19H2;3-8,10,19H,9H2,1-2H3;8-10H,7H2,1-6H3;2-5H,1H3,(H3,10,11);3-5H,1-2H2,(H,9,10);1H3,(H,3,4);1H3;;;/q;;;+2;;;;3*-1;+1. The molecule has 0 amide bonds. The average Bonchev–Trinajstić information content (AvgIpc) is 1.74. The number of aliphatic hydroxyl groups excluding tert-OH is 1. The van der Waals surface area contributed by atoms with Gasteiger partial charge in [-0.2, -0.15) is 22.4 Å². The summed E-state index contributed by atoms with van der Waals surface area (Å²) < 4.78 is 130. The summed E-state index contributed by atoms with van der Waals surface area (Å²) in [5, 5.41) is 47.0. The fourth-order valence-corrected chi connectivity index (χ4v) is 10.0. The maximum atomic E-state index is 12.2. The molecule has 0 unspecified atom stereocenters. The van der Waals surface area contributed by atoms with Gasteiger partial charge in [-0.05, 0) is 117 Å². The van der Waals surface area contributed by atoms with E-state index in [4.69, 9.17) is 37.0 Å². The smallest absolute Gasteiger partial charge is 0.396 e. The number of nitrogens with two attached hydrogens (primary N) is 3. The first-order valence-corrected chi connectivity index (χ1v) is 42.5. The fraction of sp³-hybridized carbons (Fsp3) is 0.313. The summed E-state index contributed by atoms with van der Waals surface area (Å²) in [6.45, 7) is 1.85. The number of carbonyl (C=O) groups is 2. The molecule has 3 aliphatic carbocycles. The van der Waals surface area contributed by atoms with Crippen LogP contribution in [0.4, 0.5) is 67.4 Å². The number of H-pyrrole nitrogens is 1. The molecule has 3 aliphatic rings. The molecule has 10 aromatic rings. The molecule has 0 atom stereocenters. The van der Waals surface area contributed by atoms with Gasteiger partial charge in [0.15, 0.2) is 23.7 Å². The minimum Gasteiger partial charge on any atom is -0.396 e. The van der Waals surface area contributed by atoms with Crippen LogP contribution in [0.2, 0.25) is 0 Å². The van der Waals surface area contributed by atoms with Crippen molar-refractivity contribution in [3.63, 3.8) is 0 Å². The van der Waals surface area contributed by atoms with E-state index in [0.29, 0.717) is 76.5 Å². The number of aliphatic imine (C=N–C) groups is 2. The van der Waals surface area contributed by atoms with Crippen LogP contribution in [0.5, 0.6) is 0 Å². The number of ether oxygens (including phenoxy) is 1. The Morgan fingerprint density at radius 1 is 0.558 bits per heavy atom. The molecule has 0 aliphatic heterocycles. The van der Waals surface area contributed by atoms with Gasteiger partial charge >= 0.3 is 102 Å². The van der Waals surface area contributed by atoms with E-state index in [1.54, 1.807) is 92.3 Å². The first-order chi connectivity index (χ1) is 59.5. The SMILES string of the molecule is CC(=O)[O-].CN(C)/C=C(/C=[N+](C)C)CC=[N+](C)C.CN(C)C=Nc1cnc(-c2cccc(CO)c2)nc1.CN(C)C=Nc1cnc(-c2cccc(Cn3nc(C4CC4)ccc3=O)c2)nc1.COC(=O)c1cccc(C(N)=[NH2+])c1.C[O-].F[P-](F)(F)(F)(F)F.F[P-](F)(F)(F)(F)F.Nc1cnc(-c2cccc(Cn3nc(C4CC4)ccc3=O)c2)nc1.O=c1ccc(C2CC2)n[nH]1.[Na+]. The number of hydrogen-bond acceptors (Lipinski definition) is 22. The van der Waals surface area contributed by atoms with E-state index >= 15 is 0 Å². The van der Waals surface area contributed by atoms with E-state index in [1.807, 2.05) is 165 Å². The van der Waals surface area contributed by atoms with Gasteiger partial charge < -0.3 is 45.3 Å². The molecule has 31 nitrogen and oxygen atoms in total. The van der Waals surface area contributed by atoms with Gasteiger partial charge in [-0.25, -0.2) is 68.3 Å². The number of carboxylic acid groups (broad SMARTS) is 1. The van der Waals surface area contributed by atoms with Crippen molar-refractivity contribution in [3.05, 3.63) is 258 Å². The van der Waals surface area contributed by atoms with Crippen molar-refractivity contribution >= 4 is 75.6 Å². The Hall–Kier alpha value is -12.3. The number of aliphatic hydroxyl groups is 1. The van der Waals surface area contributed by atoms with E-state index < -0.39 is 27.6 Å². The molecular formula is C83H103F12N22NaO9P2. The summed E-state index contributed by atoms with van der Waals surface area (Å²) in [5.41, 5.74) is 23.5. The molecule has 0 saturated heterocycles. The summed E-state index contributed by atoms with van der Waals surface area (Å²) in [7, 11) is 0.630. The van der Waals surface area contributed by atoms with E-state index in [0.717, 1.165) is 96.6 Å². The first kappa shape index (κ1) is 111. The maximum Gasteiger partial charge on any atom is 1.00 e. The molecule has 13 rings (SSSR count). The van der Waals surface area contributed by atoms with Gasteiger partial charge in [0.25, 0.3) is 22.5 Å². The predicted octanol–water partition coefficient (Wildman–Crippen LogP) is 8.51. The fourth-order valence-electron chi connectivity index (χ4n) is 10.0. The molecule has 3 saturated carbocycles. The van der Waals surface area contributed by atoms with Crippen LogP contribution in [0, 0.1) is 0 Å². The number of nitrogen functional groups attached to an aromatic ring is 1. The Balaban J connectivity index is 0.000000391. The molecule has 46 heteroatoms. The van der Waals surface area contributed by atoms with E-state index in [-0.39, 0.29) is 58.7 Å². The number of amidine groups is 1. The van der Waals surface area contributed by atoms with Gasteiger partial charge in [0.05, 0.1) is 117 Å². The molecular weight excluding hydrogens is 1760 g/mol. The molecule has 6 aromatic heterocycles. The normalized spacial score (nSPS) is 13.4. The minimum atomic E-state index is -10.7. The van der Waals surface area contributed by atoms with Crippen LogP contribution >= 0.6 is 15.6 Å². The van der Waals surface area contributed by atoms with Crippen LogP contribution in [0.25, 0.3) is 34.2 Å². The van der Waals surface area contributed by atoms with Crippen LogP contribution in [-0.2, 0) is 29.2 Å². The summed E-state index contributed by atoms with van der Waals surface area (Å²) in [6.07, 6.45) is 27.8. The van der Waals surface area contributed by atoms with Crippen molar-refractivity contribution < 1.29 is 124 Å². The van der Waals surface area contributed by atoms with Gasteiger partial charge in [0, 0.05) is 113 Å². The van der Waals surface area contributed by atoms with Crippen molar-refractivity contribution in [1.29, 1.82) is 0 Å². The van der Waals surface area contributed by atoms with Crippen molar-refractivity contribution in [2.24, 2.45) is 15.7 Å². The summed E-state index contributed by atoms with van der Waals surface area (Å²) >= 11 is 0. The van der Waals surface area contributed by atoms with Crippen molar-refractivity contribution in [2.45, 2.75) is 89.3 Å². The number of aromatic nitrogens is 12. The topological polar surface area (TPSA) is 421 Å². The number of nitrogens with zero attached hydrogens (tertiary/aromatic N) is 18. The number of aromatic amines is 1. The Morgan fingerprint density at radius 3 is 1.25 bits per heavy atom. The van der Waals surface area contributed by atoms with Crippen LogP contribution in [0.3, 0.4) is 0 Å². The third-order valence-corrected chi connectivity index (χ3v) is 15.8. The van der Waals surface area contributed by atoms with Gasteiger partial charge in [-0.15, -0.1) is 0 Å². The van der Waals surface area contributed by atoms with E-state index in [9.17, 15) is 69.5 Å². The second-order valence-electron chi connectivity index (χ2n) is 29.3. The molecule has 129 heavy (non-hydrogen) atoms. The number of hydrogen-bond donors (Lipinski definition) is 5. The summed E-state index contributed by atoms with van der Waals surface area (Å²) in [6, 6.07) is 40.1. The Bertz CT molecular complexity index is 5580. The van der Waals surface area contributed by atoms with E-state index in [2.05, 4.69) is 97.7 Å². The first-order valence-electron chi connectivity index (χ1n) is 38.4. The van der Waals surface area contributed by atoms with Crippen LogP contribution in [-0.4, -0.2) is 216 Å². The Morgan fingerprint density at radius 2 is 0.915 bits per heavy atom. The molecule has 6 heterocycles. The number of carboxylic acids is 1. The van der Waals surface area contributed by atoms with Crippen molar-refractivity contribution in [1.82, 2.24) is 74.4 Å². The number of benzene rings is 4. The number of rotatable bonds is 21. The number of halogens is 12. The van der Waals surface area contributed by atoms with E-state index in [1.165, 1.54) is 41.0 Å². The van der Waals surface area contributed by atoms with Gasteiger partial charge in [0.1, 0.15) is 45.8 Å². The van der Waals surface area contributed by atoms with Crippen LogP contribution in [0.15, 0.2) is 207 Å². The van der Waals surface area contributed by atoms with Gasteiger partial charge in [0.2, 0.25) is 0 Å². The molecule has 0 bridgehead atoms. The van der Waals surface area contributed by atoms with Crippen molar-refractivity contribution in [3.8, 4) is 34.2 Å². The predicted molar refractivity (Wildman–Crippen MR) is 467 cm³/mol. The Kier molecular flexibility index (Phi) is 42.4. The van der Waals surface area contributed by atoms with Gasteiger partial charge in [-0.1, -0.05) is 60.7 Å². The quantitative estimate of drug-likeness (QED) is 0.00855. The summed E-state index contributed by atoms with van der Waals surface area (Å²) in [5.74, 6) is 2.21. The molecule has 694 valence electrons. The zero-order valence-electron chi connectivity index (χ0n) is 73.3. The third kappa shape index (κ3) is 52.0. The number of nitrogens with one attached hydrogen (secondary N) is 1. The number of anilines is 1. The summed E-state index contributed by atoms with van der Waals surface area (Å²) in [4.78, 5) is 94.9. The number of aliphatic carboxylic acids is 1. The number of allylic oxidation sites excluding steroid dienone is 1. The second-order valence-corrected chi connectivity index (χ2v) is 33.1. The second kappa shape index (κ2) is 49.3. The number of esters is 1. The van der Waals surface area contributed by atoms with Crippen LogP contribution < -0.4 is 73.3 Å².